The Bertz CT molecular complexity index is 610. The first-order chi connectivity index (χ1) is 10.2. The summed E-state index contributed by atoms with van der Waals surface area (Å²) in [5, 5.41) is 3.81. The number of nitrogens with two attached hydrogens (primary N) is 1. The van der Waals surface area contributed by atoms with Crippen molar-refractivity contribution in [3.05, 3.63) is 41.8 Å². The average Bonchev–Trinajstić information content (AvgIpc) is 2.94. The zero-order valence-electron chi connectivity index (χ0n) is 12.2. The van der Waals surface area contributed by atoms with Crippen LogP contribution in [0.1, 0.15) is 29.6 Å². The van der Waals surface area contributed by atoms with E-state index in [1.54, 1.807) is 24.1 Å². The molecule has 2 rings (SSSR count). The topological polar surface area (TPSA) is 81.6 Å². The molecule has 2 aromatic rings. The molecule has 0 atom stereocenters. The molecule has 1 aromatic heterocycles. The predicted octanol–water partition coefficient (Wildman–Crippen LogP) is 2.46. The number of anilines is 2. The number of nitrogens with zero attached hydrogens (tertiary/aromatic N) is 2. The monoisotopic (exact) mass is 289 g/mol. The maximum atomic E-state index is 12.6. The number of hydrogen-bond acceptors (Lipinski definition) is 5. The highest BCUT2D eigenvalue weighted by molar-refractivity contribution is 6.06. The number of aromatic nitrogens is 1. The lowest BCUT2D eigenvalue weighted by Gasteiger charge is -2.22. The van der Waals surface area contributed by atoms with Crippen LogP contribution in [0.15, 0.2) is 34.9 Å². The largest absolute Gasteiger partial charge is 0.397 e. The van der Waals surface area contributed by atoms with E-state index in [0.717, 1.165) is 6.42 Å². The molecule has 0 spiro atoms. The Morgan fingerprint density at radius 2 is 2.19 bits per heavy atom. The molecule has 0 saturated carbocycles. The van der Waals surface area contributed by atoms with Gasteiger partial charge in [0.2, 0.25) is 0 Å². The first-order valence-electron chi connectivity index (χ1n) is 6.78. The van der Waals surface area contributed by atoms with E-state index in [-0.39, 0.29) is 18.2 Å². The van der Waals surface area contributed by atoms with E-state index in [1.165, 1.54) is 0 Å². The zero-order chi connectivity index (χ0) is 15.2. The molecule has 0 aliphatic rings. The third kappa shape index (κ3) is 3.41. The van der Waals surface area contributed by atoms with Gasteiger partial charge in [0.15, 0.2) is 11.5 Å². The Hall–Kier alpha value is -2.34. The van der Waals surface area contributed by atoms with E-state index in [9.17, 15) is 4.79 Å². The first kappa shape index (κ1) is 15.1. The van der Waals surface area contributed by atoms with Gasteiger partial charge in [0.25, 0.3) is 5.91 Å². The average molecular weight is 289 g/mol. The first-order valence-corrected chi connectivity index (χ1v) is 6.78. The molecule has 0 fully saturated rings. The van der Waals surface area contributed by atoms with E-state index in [1.807, 2.05) is 25.1 Å². The number of rotatable bonds is 6. The quantitative estimate of drug-likeness (QED) is 0.826. The summed E-state index contributed by atoms with van der Waals surface area (Å²) in [4.78, 5) is 14.2. The predicted molar refractivity (Wildman–Crippen MR) is 80.0 cm³/mol. The van der Waals surface area contributed by atoms with Crippen LogP contribution >= 0.6 is 0 Å². The number of carbonyl (C=O) groups excluding carboxylic acids is 1. The minimum Gasteiger partial charge on any atom is -0.397 e. The summed E-state index contributed by atoms with van der Waals surface area (Å²) in [5.74, 6) is 0.277. The lowest BCUT2D eigenvalue weighted by atomic mass is 10.2. The number of amides is 1. The summed E-state index contributed by atoms with van der Waals surface area (Å²) in [7, 11) is 1.55. The number of carbonyl (C=O) groups is 1. The van der Waals surface area contributed by atoms with Gasteiger partial charge in [-0.05, 0) is 18.6 Å². The second-order valence-electron chi connectivity index (χ2n) is 4.63. The van der Waals surface area contributed by atoms with Gasteiger partial charge in [-0.25, -0.2) is 0 Å². The third-order valence-electron chi connectivity index (χ3n) is 2.98. The molecule has 6 nitrogen and oxygen atoms in total. The molecule has 6 heteroatoms. The molecule has 1 heterocycles. The third-order valence-corrected chi connectivity index (χ3v) is 2.98. The minimum absolute atomic E-state index is 0.235. The van der Waals surface area contributed by atoms with Gasteiger partial charge in [0, 0.05) is 19.7 Å². The van der Waals surface area contributed by atoms with Crippen molar-refractivity contribution in [2.24, 2.45) is 0 Å². The van der Waals surface area contributed by atoms with Crippen LogP contribution in [-0.4, -0.2) is 24.7 Å². The summed E-state index contributed by atoms with van der Waals surface area (Å²) in [6.45, 7) is 2.83. The van der Waals surface area contributed by atoms with Crippen molar-refractivity contribution < 1.29 is 14.1 Å². The summed E-state index contributed by atoms with van der Waals surface area (Å²) in [6, 6.07) is 8.86. The van der Waals surface area contributed by atoms with Gasteiger partial charge < -0.3 is 19.9 Å². The fourth-order valence-electron chi connectivity index (χ4n) is 2.05. The highest BCUT2D eigenvalue weighted by Gasteiger charge is 2.22. The van der Waals surface area contributed by atoms with Gasteiger partial charge in [-0.2, -0.15) is 0 Å². The van der Waals surface area contributed by atoms with E-state index < -0.39 is 0 Å². The molecule has 0 bridgehead atoms. The highest BCUT2D eigenvalue weighted by Crippen LogP contribution is 2.24. The van der Waals surface area contributed by atoms with Gasteiger partial charge in [0.1, 0.15) is 6.61 Å². The van der Waals surface area contributed by atoms with Crippen LogP contribution in [0.5, 0.6) is 0 Å². The number of hydrogen-bond donors (Lipinski definition) is 1. The Kier molecular flexibility index (Phi) is 4.94. The van der Waals surface area contributed by atoms with Gasteiger partial charge in [-0.15, -0.1) is 0 Å². The minimum atomic E-state index is -0.235. The maximum Gasteiger partial charge on any atom is 0.280 e. The summed E-state index contributed by atoms with van der Waals surface area (Å²) < 4.78 is 10.0. The Labute approximate surface area is 123 Å². The molecule has 0 aliphatic heterocycles. The molecule has 2 N–H and O–H groups in total. The van der Waals surface area contributed by atoms with Crippen LogP contribution in [0.2, 0.25) is 0 Å². The van der Waals surface area contributed by atoms with Crippen LogP contribution in [0, 0.1) is 0 Å². The molecular weight excluding hydrogens is 270 g/mol. The molecule has 1 amide bonds. The van der Waals surface area contributed by atoms with Crippen molar-refractivity contribution in [1.29, 1.82) is 0 Å². The number of nitrogen functional groups attached to an aromatic ring is 1. The molecule has 0 saturated heterocycles. The van der Waals surface area contributed by atoms with Crippen molar-refractivity contribution in [3.63, 3.8) is 0 Å². The molecular formula is C15H19N3O3. The van der Waals surface area contributed by atoms with E-state index in [0.29, 0.717) is 23.7 Å². The van der Waals surface area contributed by atoms with Gasteiger partial charge in [-0.3, -0.25) is 4.79 Å². The number of methoxy groups -OCH3 is 1. The second-order valence-corrected chi connectivity index (χ2v) is 4.63. The van der Waals surface area contributed by atoms with E-state index >= 15 is 0 Å². The molecule has 0 unspecified atom stereocenters. The van der Waals surface area contributed by atoms with Gasteiger partial charge >= 0.3 is 0 Å². The van der Waals surface area contributed by atoms with Crippen LogP contribution in [-0.2, 0) is 11.3 Å². The van der Waals surface area contributed by atoms with Gasteiger partial charge in [0.05, 0.1) is 11.4 Å². The zero-order valence-corrected chi connectivity index (χ0v) is 12.2. The Morgan fingerprint density at radius 1 is 1.43 bits per heavy atom. The standard InChI is InChI=1S/C15H19N3O3/c1-3-8-18(14-7-5-4-6-12(14)16)15(19)13-9-11(10-20-2)21-17-13/h4-7,9H,3,8,10,16H2,1-2H3. The van der Waals surface area contributed by atoms with Gasteiger partial charge in [-0.1, -0.05) is 24.2 Å². The van der Waals surface area contributed by atoms with Crippen molar-refractivity contribution in [3.8, 4) is 0 Å². The molecule has 0 radical (unpaired) electrons. The van der Waals surface area contributed by atoms with Crippen LogP contribution < -0.4 is 10.6 Å². The lowest BCUT2D eigenvalue weighted by Crippen LogP contribution is -2.32. The molecule has 0 aliphatic carbocycles. The van der Waals surface area contributed by atoms with Crippen LogP contribution in [0.25, 0.3) is 0 Å². The maximum absolute atomic E-state index is 12.6. The summed E-state index contributed by atoms with van der Waals surface area (Å²) in [6.07, 6.45) is 0.808. The Balaban J connectivity index is 2.29. The number of benzene rings is 1. The van der Waals surface area contributed by atoms with E-state index in [2.05, 4.69) is 5.16 Å². The van der Waals surface area contributed by atoms with E-state index in [4.69, 9.17) is 15.0 Å². The normalized spacial score (nSPS) is 10.6. The fraction of sp³-hybridized carbons (Fsp3) is 0.333. The summed E-state index contributed by atoms with van der Waals surface area (Å²) >= 11 is 0. The van der Waals surface area contributed by atoms with Crippen molar-refractivity contribution >= 4 is 17.3 Å². The molecule has 1 aromatic carbocycles. The van der Waals surface area contributed by atoms with Crippen LogP contribution in [0.3, 0.4) is 0 Å². The Morgan fingerprint density at radius 3 is 2.86 bits per heavy atom. The highest BCUT2D eigenvalue weighted by atomic mass is 16.5. The second kappa shape index (κ2) is 6.90. The molecule has 21 heavy (non-hydrogen) atoms. The smallest absolute Gasteiger partial charge is 0.280 e. The van der Waals surface area contributed by atoms with Crippen LogP contribution in [0.4, 0.5) is 11.4 Å². The summed E-state index contributed by atoms with van der Waals surface area (Å²) in [5.41, 5.74) is 7.45. The van der Waals surface area contributed by atoms with Crippen molar-refractivity contribution in [2.75, 3.05) is 24.3 Å². The van der Waals surface area contributed by atoms with Crippen molar-refractivity contribution in [2.45, 2.75) is 20.0 Å². The number of para-hydroxylation sites is 2. The molecule has 112 valence electrons. The fourth-order valence-corrected chi connectivity index (χ4v) is 2.05. The number of ether oxygens (including phenoxy) is 1. The SMILES string of the molecule is CCCN(C(=O)c1cc(COC)on1)c1ccccc1N. The van der Waals surface area contributed by atoms with Crippen molar-refractivity contribution in [1.82, 2.24) is 5.16 Å². The lowest BCUT2D eigenvalue weighted by molar-refractivity contribution is 0.0977.